The molecule has 1 aliphatic carbocycles. The molecule has 0 saturated carbocycles. The molecule has 5 rings (SSSR count). The zero-order chi connectivity index (χ0) is 25.1. The smallest absolute Gasteiger partial charge is 0.131 e. The van der Waals surface area contributed by atoms with Gasteiger partial charge in [0.2, 0.25) is 0 Å². The van der Waals surface area contributed by atoms with Gasteiger partial charge in [-0.05, 0) is 91.8 Å². The summed E-state index contributed by atoms with van der Waals surface area (Å²) in [6, 6.07) is 27.0. The number of hydrogen-bond donors (Lipinski definition) is 0. The highest BCUT2D eigenvalue weighted by molar-refractivity contribution is 5.86. The van der Waals surface area contributed by atoms with Gasteiger partial charge in [-0.3, -0.25) is 0 Å². The minimum Gasteiger partial charge on any atom is -0.336 e. The minimum atomic E-state index is -0.219. The summed E-state index contributed by atoms with van der Waals surface area (Å²) in [5.74, 6) is -0.187. The maximum absolute atomic E-state index is 15.2. The lowest BCUT2D eigenvalue weighted by Gasteiger charge is -2.40. The molecular formula is C33H34FN. The average molecular weight is 464 g/mol. The van der Waals surface area contributed by atoms with Crippen molar-refractivity contribution in [3.05, 3.63) is 107 Å². The predicted octanol–water partition coefficient (Wildman–Crippen LogP) is 9.35. The summed E-state index contributed by atoms with van der Waals surface area (Å²) in [7, 11) is 0. The Kier molecular flexibility index (Phi) is 5.40. The molecule has 0 amide bonds. The van der Waals surface area contributed by atoms with Crippen molar-refractivity contribution in [3.63, 3.8) is 0 Å². The Morgan fingerprint density at radius 1 is 0.657 bits per heavy atom. The molecule has 178 valence electrons. The second-order valence-corrected chi connectivity index (χ2v) is 11.3. The van der Waals surface area contributed by atoms with Gasteiger partial charge in [0.15, 0.2) is 0 Å². The quantitative estimate of drug-likeness (QED) is 0.292. The van der Waals surface area contributed by atoms with Crippen molar-refractivity contribution >= 4 is 11.4 Å². The van der Waals surface area contributed by atoms with Crippen LogP contribution in [0.3, 0.4) is 0 Å². The van der Waals surface area contributed by atoms with Crippen molar-refractivity contribution in [1.82, 2.24) is 0 Å². The molecule has 0 radical (unpaired) electrons. The summed E-state index contributed by atoms with van der Waals surface area (Å²) < 4.78 is 15.2. The topological polar surface area (TPSA) is 3.24 Å². The maximum atomic E-state index is 15.2. The number of anilines is 2. The number of fused-ring (bicyclic) bond motifs is 3. The highest BCUT2D eigenvalue weighted by Crippen LogP contribution is 2.51. The molecule has 0 spiro atoms. The fourth-order valence-electron chi connectivity index (χ4n) is 5.68. The van der Waals surface area contributed by atoms with Crippen LogP contribution in [0.15, 0.2) is 78.9 Å². The fraction of sp³-hybridized carbons (Fsp3) is 0.273. The molecule has 0 atom stereocenters. The van der Waals surface area contributed by atoms with Crippen molar-refractivity contribution in [1.29, 1.82) is 0 Å². The van der Waals surface area contributed by atoms with Crippen molar-refractivity contribution in [2.45, 2.75) is 59.4 Å². The van der Waals surface area contributed by atoms with Crippen molar-refractivity contribution in [3.8, 4) is 22.3 Å². The number of rotatable bonds is 3. The standard InChI is InChI=1S/C33H34FN/c1-21-17-28-26(24-15-11-12-16-27(24)33(28,6)7)20-31(21)35(32(3,4)5)30-19-25(29(34)18-22(30)2)23-13-9-8-10-14-23/h8-20H,1-7H3. The van der Waals surface area contributed by atoms with Crippen LogP contribution in [-0.2, 0) is 5.41 Å². The van der Waals surface area contributed by atoms with Crippen LogP contribution < -0.4 is 4.90 Å². The summed E-state index contributed by atoms with van der Waals surface area (Å²) in [4.78, 5) is 2.39. The van der Waals surface area contributed by atoms with Crippen LogP contribution in [0.2, 0.25) is 0 Å². The van der Waals surface area contributed by atoms with Crippen LogP contribution in [0.25, 0.3) is 22.3 Å². The normalized spacial score (nSPS) is 13.9. The number of hydrogen-bond acceptors (Lipinski definition) is 1. The highest BCUT2D eigenvalue weighted by Gasteiger charge is 2.37. The van der Waals surface area contributed by atoms with E-state index in [0.29, 0.717) is 5.56 Å². The van der Waals surface area contributed by atoms with Gasteiger partial charge in [-0.1, -0.05) is 74.5 Å². The third kappa shape index (κ3) is 3.76. The second kappa shape index (κ2) is 8.09. The molecule has 1 aliphatic rings. The molecule has 0 bridgehead atoms. The molecule has 0 N–H and O–H groups in total. The van der Waals surface area contributed by atoms with Gasteiger partial charge >= 0.3 is 0 Å². The van der Waals surface area contributed by atoms with E-state index in [2.05, 4.69) is 82.8 Å². The maximum Gasteiger partial charge on any atom is 0.131 e. The van der Waals surface area contributed by atoms with E-state index in [-0.39, 0.29) is 16.8 Å². The van der Waals surface area contributed by atoms with E-state index in [9.17, 15) is 0 Å². The summed E-state index contributed by atoms with van der Waals surface area (Å²) in [6.45, 7) is 15.5. The minimum absolute atomic E-state index is 0.0337. The van der Waals surface area contributed by atoms with Crippen LogP contribution >= 0.6 is 0 Å². The lowest BCUT2D eigenvalue weighted by Crippen LogP contribution is -2.38. The van der Waals surface area contributed by atoms with E-state index in [1.807, 2.05) is 43.3 Å². The highest BCUT2D eigenvalue weighted by atomic mass is 19.1. The van der Waals surface area contributed by atoms with Gasteiger partial charge < -0.3 is 4.90 Å². The van der Waals surface area contributed by atoms with Gasteiger partial charge in [0.25, 0.3) is 0 Å². The van der Waals surface area contributed by atoms with Gasteiger partial charge in [0.05, 0.1) is 0 Å². The first-order chi connectivity index (χ1) is 16.5. The predicted molar refractivity (Wildman–Crippen MR) is 147 cm³/mol. The van der Waals surface area contributed by atoms with E-state index in [1.165, 1.54) is 27.8 Å². The van der Waals surface area contributed by atoms with Crippen LogP contribution in [0, 0.1) is 19.7 Å². The molecule has 4 aromatic carbocycles. The average Bonchev–Trinajstić information content (AvgIpc) is 3.02. The molecule has 0 aliphatic heterocycles. The van der Waals surface area contributed by atoms with Crippen molar-refractivity contribution in [2.24, 2.45) is 0 Å². The van der Waals surface area contributed by atoms with Gasteiger partial charge in [-0.15, -0.1) is 0 Å². The van der Waals surface area contributed by atoms with E-state index < -0.39 is 0 Å². The molecule has 4 aromatic rings. The van der Waals surface area contributed by atoms with Gasteiger partial charge in [-0.25, -0.2) is 4.39 Å². The monoisotopic (exact) mass is 463 g/mol. The Morgan fingerprint density at radius 3 is 1.89 bits per heavy atom. The lowest BCUT2D eigenvalue weighted by atomic mass is 9.82. The second-order valence-electron chi connectivity index (χ2n) is 11.3. The molecular weight excluding hydrogens is 429 g/mol. The van der Waals surface area contributed by atoms with Crippen LogP contribution in [0.4, 0.5) is 15.8 Å². The van der Waals surface area contributed by atoms with Crippen LogP contribution in [0.5, 0.6) is 0 Å². The molecule has 0 saturated heterocycles. The Hall–Kier alpha value is -3.39. The fourth-order valence-corrected chi connectivity index (χ4v) is 5.68. The zero-order valence-electron chi connectivity index (χ0n) is 21.8. The Labute approximate surface area is 209 Å². The molecule has 0 unspecified atom stereocenters. The van der Waals surface area contributed by atoms with E-state index in [0.717, 1.165) is 22.5 Å². The third-order valence-electron chi connectivity index (χ3n) is 7.42. The summed E-state index contributed by atoms with van der Waals surface area (Å²) >= 11 is 0. The number of aryl methyl sites for hydroxylation is 2. The Bertz CT molecular complexity index is 1420. The van der Waals surface area contributed by atoms with E-state index in [1.54, 1.807) is 6.07 Å². The summed E-state index contributed by atoms with van der Waals surface area (Å²) in [5, 5.41) is 0. The zero-order valence-corrected chi connectivity index (χ0v) is 21.8. The van der Waals surface area contributed by atoms with E-state index >= 15 is 4.39 Å². The number of halogens is 1. The van der Waals surface area contributed by atoms with Crippen LogP contribution in [0.1, 0.15) is 56.9 Å². The van der Waals surface area contributed by atoms with Crippen molar-refractivity contribution < 1.29 is 4.39 Å². The third-order valence-corrected chi connectivity index (χ3v) is 7.42. The Balaban J connectivity index is 1.75. The first-order valence-corrected chi connectivity index (χ1v) is 12.4. The van der Waals surface area contributed by atoms with E-state index in [4.69, 9.17) is 0 Å². The molecule has 2 heteroatoms. The summed E-state index contributed by atoms with van der Waals surface area (Å²) in [6.07, 6.45) is 0. The molecule has 35 heavy (non-hydrogen) atoms. The van der Waals surface area contributed by atoms with Gasteiger partial charge in [0, 0.05) is 27.9 Å². The molecule has 0 aromatic heterocycles. The molecule has 1 nitrogen and oxygen atoms in total. The first kappa shape index (κ1) is 23.4. The number of nitrogens with zero attached hydrogens (tertiary/aromatic N) is 1. The molecule has 0 fully saturated rings. The summed E-state index contributed by atoms with van der Waals surface area (Å²) in [5.41, 5.74) is 11.0. The van der Waals surface area contributed by atoms with Crippen molar-refractivity contribution in [2.75, 3.05) is 4.90 Å². The van der Waals surface area contributed by atoms with Gasteiger partial charge in [0.1, 0.15) is 5.82 Å². The Morgan fingerprint density at radius 2 is 1.23 bits per heavy atom. The largest absolute Gasteiger partial charge is 0.336 e. The van der Waals surface area contributed by atoms with Gasteiger partial charge in [-0.2, -0.15) is 0 Å². The SMILES string of the molecule is Cc1cc(F)c(-c2ccccc2)cc1N(c1cc2c(cc1C)C(C)(C)c1ccccc1-2)C(C)(C)C. The number of benzene rings is 4. The first-order valence-electron chi connectivity index (χ1n) is 12.4. The molecule has 0 heterocycles. The van der Waals surface area contributed by atoms with Crippen LogP contribution in [-0.4, -0.2) is 5.54 Å². The lowest BCUT2D eigenvalue weighted by molar-refractivity contribution is 0.557.